The molecule has 0 aliphatic heterocycles. The van der Waals surface area contributed by atoms with Crippen LogP contribution in [0.5, 0.6) is 0 Å². The number of allylic oxidation sites excluding steroid dienone is 2. The molecule has 0 radical (unpaired) electrons. The predicted octanol–water partition coefficient (Wildman–Crippen LogP) is 4.51. The second kappa shape index (κ2) is 5.03. The minimum absolute atomic E-state index is 1.07. The fourth-order valence-corrected chi connectivity index (χ4v) is 2.20. The summed E-state index contributed by atoms with van der Waals surface area (Å²) in [5.41, 5.74) is 1.38. The van der Waals surface area contributed by atoms with Crippen molar-refractivity contribution in [3.05, 3.63) is 33.5 Å². The fourth-order valence-electron chi connectivity index (χ4n) is 1.26. The van der Waals surface area contributed by atoms with Crippen molar-refractivity contribution in [2.24, 2.45) is 0 Å². The summed E-state index contributed by atoms with van der Waals surface area (Å²) in [7, 11) is 0. The van der Waals surface area contributed by atoms with E-state index in [1.807, 2.05) is 25.2 Å². The van der Waals surface area contributed by atoms with E-state index in [2.05, 4.69) is 37.3 Å². The van der Waals surface area contributed by atoms with E-state index in [1.165, 1.54) is 15.3 Å². The van der Waals surface area contributed by atoms with Crippen LogP contribution < -0.4 is 0 Å². The molecule has 0 bridgehead atoms. The van der Waals surface area contributed by atoms with Gasteiger partial charge in [-0.1, -0.05) is 32.1 Å². The Morgan fingerprint density at radius 3 is 2.62 bits per heavy atom. The maximum Gasteiger partial charge on any atom is 0.0342 e. The molecule has 0 saturated carbocycles. The Morgan fingerprint density at radius 2 is 1.85 bits per heavy atom. The zero-order valence-corrected chi connectivity index (χ0v) is 9.32. The van der Waals surface area contributed by atoms with Gasteiger partial charge in [-0.2, -0.15) is 0 Å². The molecule has 1 heterocycles. The van der Waals surface area contributed by atoms with E-state index in [0.717, 1.165) is 6.42 Å². The fraction of sp³-hybridized carbons (Fsp3) is 0.333. The van der Waals surface area contributed by atoms with Gasteiger partial charge in [-0.15, -0.1) is 11.3 Å². The molecule has 0 atom stereocenters. The molecule has 1 aliphatic carbocycles. The van der Waals surface area contributed by atoms with Crippen molar-refractivity contribution >= 4 is 23.5 Å². The van der Waals surface area contributed by atoms with Gasteiger partial charge in [-0.25, -0.2) is 0 Å². The molecule has 13 heavy (non-hydrogen) atoms. The molecule has 0 saturated heterocycles. The maximum absolute atomic E-state index is 2.24. The second-order valence-corrected chi connectivity index (χ2v) is 4.00. The molecule has 0 unspecified atom stereocenters. The average Bonchev–Trinajstić information content (AvgIpc) is 2.36. The molecule has 0 amide bonds. The minimum atomic E-state index is 1.07. The van der Waals surface area contributed by atoms with Crippen LogP contribution in [-0.4, -0.2) is 0 Å². The summed E-state index contributed by atoms with van der Waals surface area (Å²) in [6, 6.07) is 2.24. The first-order chi connectivity index (χ1) is 6.36. The lowest BCUT2D eigenvalue weighted by Crippen LogP contribution is -1.64. The third-order valence-corrected chi connectivity index (χ3v) is 2.78. The molecule has 1 aliphatic rings. The van der Waals surface area contributed by atoms with Gasteiger partial charge in [-0.3, -0.25) is 0 Å². The summed E-state index contributed by atoms with van der Waals surface area (Å²) in [6.07, 6.45) is 9.90. The molecular weight excluding hydrogens is 176 g/mol. The van der Waals surface area contributed by atoms with Crippen molar-refractivity contribution in [2.45, 2.75) is 27.2 Å². The first-order valence-electron chi connectivity index (χ1n) is 4.80. The van der Waals surface area contributed by atoms with Crippen LogP contribution in [0.1, 0.15) is 35.6 Å². The second-order valence-electron chi connectivity index (χ2n) is 2.72. The summed E-state index contributed by atoms with van der Waals surface area (Å²) in [5, 5.41) is 0. The van der Waals surface area contributed by atoms with E-state index < -0.39 is 0 Å². The van der Waals surface area contributed by atoms with Gasteiger partial charge in [0.15, 0.2) is 0 Å². The van der Waals surface area contributed by atoms with Gasteiger partial charge in [0.2, 0.25) is 0 Å². The Morgan fingerprint density at radius 1 is 1.15 bits per heavy atom. The van der Waals surface area contributed by atoms with Gasteiger partial charge in [0, 0.05) is 9.75 Å². The van der Waals surface area contributed by atoms with Crippen molar-refractivity contribution in [1.82, 2.24) is 0 Å². The summed E-state index contributed by atoms with van der Waals surface area (Å²) in [4.78, 5) is 2.79. The van der Waals surface area contributed by atoms with Crippen molar-refractivity contribution in [3.8, 4) is 0 Å². The average molecular weight is 192 g/mol. The van der Waals surface area contributed by atoms with Crippen LogP contribution in [0.25, 0.3) is 12.2 Å². The first-order valence-corrected chi connectivity index (χ1v) is 5.61. The lowest BCUT2D eigenvalue weighted by atomic mass is 10.2. The molecule has 1 heteroatoms. The van der Waals surface area contributed by atoms with Crippen LogP contribution in [-0.2, 0) is 0 Å². The number of hydrogen-bond acceptors (Lipinski definition) is 1. The van der Waals surface area contributed by atoms with Crippen molar-refractivity contribution < 1.29 is 0 Å². The van der Waals surface area contributed by atoms with E-state index in [9.17, 15) is 0 Å². The SMILES string of the molecule is CC.Cc1cc2c(s1)C=CCC=C2. The number of aryl methyl sites for hydroxylation is 1. The predicted molar refractivity (Wildman–Crippen MR) is 63.1 cm³/mol. The third kappa shape index (κ3) is 2.56. The van der Waals surface area contributed by atoms with Crippen molar-refractivity contribution in [1.29, 1.82) is 0 Å². The highest BCUT2D eigenvalue weighted by Crippen LogP contribution is 2.26. The van der Waals surface area contributed by atoms with Crippen LogP contribution in [0.2, 0.25) is 0 Å². The molecule has 1 aromatic rings. The van der Waals surface area contributed by atoms with Gasteiger partial charge in [-0.05, 0) is 31.1 Å². The van der Waals surface area contributed by atoms with Gasteiger partial charge in [0.1, 0.15) is 0 Å². The highest BCUT2D eigenvalue weighted by Gasteiger charge is 2.01. The largest absolute Gasteiger partial charge is 0.141 e. The quantitative estimate of drug-likeness (QED) is 0.567. The Labute approximate surface area is 84.6 Å². The van der Waals surface area contributed by atoms with E-state index in [1.54, 1.807) is 0 Å². The van der Waals surface area contributed by atoms with Gasteiger partial charge in [0.05, 0.1) is 0 Å². The van der Waals surface area contributed by atoms with Crippen LogP contribution in [0.15, 0.2) is 18.2 Å². The molecule has 0 aromatic carbocycles. The lowest BCUT2D eigenvalue weighted by Gasteiger charge is -1.84. The highest BCUT2D eigenvalue weighted by molar-refractivity contribution is 7.13. The summed E-state index contributed by atoms with van der Waals surface area (Å²) < 4.78 is 0. The number of fused-ring (bicyclic) bond motifs is 1. The third-order valence-electron chi connectivity index (χ3n) is 1.75. The smallest absolute Gasteiger partial charge is 0.0342 e. The van der Waals surface area contributed by atoms with Gasteiger partial charge < -0.3 is 0 Å². The van der Waals surface area contributed by atoms with E-state index in [4.69, 9.17) is 0 Å². The summed E-state index contributed by atoms with van der Waals surface area (Å²) in [6.45, 7) is 6.15. The van der Waals surface area contributed by atoms with Crippen molar-refractivity contribution in [3.63, 3.8) is 0 Å². The summed E-state index contributed by atoms with van der Waals surface area (Å²) >= 11 is 1.87. The lowest BCUT2D eigenvalue weighted by molar-refractivity contribution is 1.44. The van der Waals surface area contributed by atoms with Crippen LogP contribution >= 0.6 is 11.3 Å². The highest BCUT2D eigenvalue weighted by atomic mass is 32.1. The zero-order chi connectivity index (χ0) is 9.68. The van der Waals surface area contributed by atoms with E-state index >= 15 is 0 Å². The number of hydrogen-bond donors (Lipinski definition) is 0. The monoisotopic (exact) mass is 192 g/mol. The van der Waals surface area contributed by atoms with Crippen LogP contribution in [0, 0.1) is 6.92 Å². The molecule has 0 nitrogen and oxygen atoms in total. The molecule has 70 valence electrons. The zero-order valence-electron chi connectivity index (χ0n) is 8.50. The minimum Gasteiger partial charge on any atom is -0.141 e. The number of thiophene rings is 1. The van der Waals surface area contributed by atoms with Crippen molar-refractivity contribution in [2.75, 3.05) is 0 Å². The van der Waals surface area contributed by atoms with E-state index in [-0.39, 0.29) is 0 Å². The summed E-state index contributed by atoms with van der Waals surface area (Å²) in [5.74, 6) is 0. The molecular formula is C12H16S. The van der Waals surface area contributed by atoms with Crippen LogP contribution in [0.4, 0.5) is 0 Å². The maximum atomic E-state index is 2.24. The van der Waals surface area contributed by atoms with Gasteiger partial charge >= 0.3 is 0 Å². The Balaban J connectivity index is 0.000000396. The molecule has 0 spiro atoms. The molecule has 2 rings (SSSR count). The number of rotatable bonds is 0. The Hall–Kier alpha value is -0.820. The Kier molecular flexibility index (Phi) is 3.97. The molecule has 0 fully saturated rings. The standard InChI is InChI=1S/C10H10S.C2H6/c1-8-7-9-5-3-2-4-6-10(9)11-8;1-2/h3-7H,2H2,1H3;1-2H3. The van der Waals surface area contributed by atoms with E-state index in [0.29, 0.717) is 0 Å². The Bertz CT molecular complexity index is 286. The van der Waals surface area contributed by atoms with Gasteiger partial charge in [0.25, 0.3) is 0 Å². The normalized spacial score (nSPS) is 12.8. The topological polar surface area (TPSA) is 0 Å². The molecule has 0 N–H and O–H groups in total. The molecule has 1 aromatic heterocycles. The van der Waals surface area contributed by atoms with Crippen LogP contribution in [0.3, 0.4) is 0 Å². The first kappa shape index (κ1) is 10.3.